The Morgan fingerprint density at radius 2 is 2.12 bits per heavy atom. The number of halogens is 1. The number of amides is 1. The lowest BCUT2D eigenvalue weighted by Gasteiger charge is -2.29. The lowest BCUT2D eigenvalue weighted by atomic mass is 9.97. The Kier molecular flexibility index (Phi) is 5.87. The average Bonchev–Trinajstić information content (AvgIpc) is 2.97. The van der Waals surface area contributed by atoms with Crippen molar-refractivity contribution in [3.63, 3.8) is 0 Å². The van der Waals surface area contributed by atoms with E-state index in [1.807, 2.05) is 0 Å². The molecular formula is C16H20ClN3O4S. The van der Waals surface area contributed by atoms with Gasteiger partial charge in [0.2, 0.25) is 10.0 Å². The van der Waals surface area contributed by atoms with Crippen molar-refractivity contribution in [3.8, 4) is 0 Å². The summed E-state index contributed by atoms with van der Waals surface area (Å²) in [6.45, 7) is 3.00. The molecule has 0 spiro atoms. The smallest absolute Gasteiger partial charge is 0.289 e. The fourth-order valence-electron chi connectivity index (χ4n) is 2.81. The van der Waals surface area contributed by atoms with Crippen LogP contribution in [-0.2, 0) is 29.5 Å². The molecule has 3 rings (SSSR count). The van der Waals surface area contributed by atoms with Gasteiger partial charge in [0.25, 0.3) is 5.91 Å². The highest BCUT2D eigenvalue weighted by Gasteiger charge is 2.25. The largest absolute Gasteiger partial charge is 0.456 e. The number of aryl methyl sites for hydroxylation is 1. The van der Waals surface area contributed by atoms with Gasteiger partial charge in [-0.25, -0.2) is 13.1 Å². The third kappa shape index (κ3) is 4.59. The third-order valence-electron chi connectivity index (χ3n) is 3.99. The Balaban J connectivity index is 0.00000225. The minimum atomic E-state index is -3.26. The molecule has 0 radical (unpaired) electrons. The van der Waals surface area contributed by atoms with Crippen LogP contribution in [-0.4, -0.2) is 37.0 Å². The molecule has 0 aromatic carbocycles. The summed E-state index contributed by atoms with van der Waals surface area (Å²) in [7, 11) is -3.26. The first kappa shape index (κ1) is 19.4. The standard InChI is InChI=1S/C16H19N3O4S.ClH/c1-11-3-4-15(23-11)16(20)19-6-5-14-12(9-18-24(2,21)22)7-17-8-13(14)10-19;/h3-4,7-8,18H,5-6,9-10H2,1-2H3;1H. The quantitative estimate of drug-likeness (QED) is 0.863. The van der Waals surface area contributed by atoms with Gasteiger partial charge in [0, 0.05) is 32.0 Å². The maximum absolute atomic E-state index is 12.5. The van der Waals surface area contributed by atoms with Crippen LogP contribution in [0.15, 0.2) is 28.9 Å². The summed E-state index contributed by atoms with van der Waals surface area (Å²) in [6, 6.07) is 3.44. The van der Waals surface area contributed by atoms with Gasteiger partial charge in [-0.15, -0.1) is 12.4 Å². The number of aromatic nitrogens is 1. The number of sulfonamides is 1. The summed E-state index contributed by atoms with van der Waals surface area (Å²) in [5.74, 6) is 0.888. The van der Waals surface area contributed by atoms with Crippen LogP contribution in [0.4, 0.5) is 0 Å². The number of carbonyl (C=O) groups excluding carboxylic acids is 1. The molecule has 2 aromatic rings. The second kappa shape index (κ2) is 7.55. The first-order valence-electron chi connectivity index (χ1n) is 7.58. The van der Waals surface area contributed by atoms with Crippen LogP contribution in [0.3, 0.4) is 0 Å². The highest BCUT2D eigenvalue weighted by Crippen LogP contribution is 2.23. The molecule has 25 heavy (non-hydrogen) atoms. The van der Waals surface area contributed by atoms with Crippen molar-refractivity contribution in [1.29, 1.82) is 0 Å². The molecule has 0 fully saturated rings. The van der Waals surface area contributed by atoms with E-state index in [0.29, 0.717) is 31.0 Å². The number of hydrogen-bond acceptors (Lipinski definition) is 5. The molecule has 0 saturated carbocycles. The summed E-state index contributed by atoms with van der Waals surface area (Å²) >= 11 is 0. The maximum Gasteiger partial charge on any atom is 0.289 e. The fraction of sp³-hybridized carbons (Fsp3) is 0.375. The van der Waals surface area contributed by atoms with E-state index in [0.717, 1.165) is 22.9 Å². The Morgan fingerprint density at radius 1 is 1.36 bits per heavy atom. The van der Waals surface area contributed by atoms with E-state index in [1.54, 1.807) is 36.4 Å². The molecule has 3 heterocycles. The number of pyridine rings is 1. The first-order chi connectivity index (χ1) is 11.3. The van der Waals surface area contributed by atoms with Crippen LogP contribution in [0.25, 0.3) is 0 Å². The van der Waals surface area contributed by atoms with E-state index in [2.05, 4.69) is 9.71 Å². The zero-order valence-corrected chi connectivity index (χ0v) is 15.6. The van der Waals surface area contributed by atoms with Gasteiger partial charge in [0.05, 0.1) is 6.26 Å². The van der Waals surface area contributed by atoms with Gasteiger partial charge in [-0.1, -0.05) is 0 Å². The van der Waals surface area contributed by atoms with Crippen LogP contribution < -0.4 is 4.72 Å². The van der Waals surface area contributed by atoms with Crippen molar-refractivity contribution in [2.45, 2.75) is 26.4 Å². The Bertz CT molecular complexity index is 879. The SMILES string of the molecule is Cc1ccc(C(=O)N2CCc3c(CNS(C)(=O)=O)cncc3C2)o1.Cl. The number of carbonyl (C=O) groups is 1. The molecule has 0 unspecified atom stereocenters. The van der Waals surface area contributed by atoms with E-state index >= 15 is 0 Å². The number of furan rings is 1. The molecule has 1 amide bonds. The van der Waals surface area contributed by atoms with Crippen LogP contribution in [0.1, 0.15) is 33.0 Å². The molecule has 7 nitrogen and oxygen atoms in total. The van der Waals surface area contributed by atoms with Gasteiger partial charge in [-0.2, -0.15) is 0 Å². The van der Waals surface area contributed by atoms with Gasteiger partial charge < -0.3 is 9.32 Å². The van der Waals surface area contributed by atoms with Gasteiger partial charge in [-0.05, 0) is 42.2 Å². The summed E-state index contributed by atoms with van der Waals surface area (Å²) in [4.78, 5) is 18.4. The second-order valence-electron chi connectivity index (χ2n) is 5.92. The summed E-state index contributed by atoms with van der Waals surface area (Å²) in [6.07, 6.45) is 5.18. The monoisotopic (exact) mass is 385 g/mol. The maximum atomic E-state index is 12.5. The Morgan fingerprint density at radius 3 is 2.76 bits per heavy atom. The number of nitrogens with one attached hydrogen (secondary N) is 1. The van der Waals surface area contributed by atoms with Gasteiger partial charge in [0.1, 0.15) is 5.76 Å². The predicted octanol–water partition coefficient (Wildman–Crippen LogP) is 1.65. The Labute approximate surface area is 152 Å². The van der Waals surface area contributed by atoms with Crippen LogP contribution in [0.5, 0.6) is 0 Å². The first-order valence-corrected chi connectivity index (χ1v) is 9.47. The van der Waals surface area contributed by atoms with E-state index in [1.165, 1.54) is 0 Å². The molecule has 2 aromatic heterocycles. The zero-order chi connectivity index (χ0) is 17.3. The van der Waals surface area contributed by atoms with E-state index in [9.17, 15) is 13.2 Å². The van der Waals surface area contributed by atoms with Gasteiger partial charge in [0.15, 0.2) is 5.76 Å². The molecule has 136 valence electrons. The van der Waals surface area contributed by atoms with Crippen molar-refractivity contribution in [3.05, 3.63) is 52.7 Å². The molecule has 9 heteroatoms. The van der Waals surface area contributed by atoms with Crippen molar-refractivity contribution in [2.75, 3.05) is 12.8 Å². The van der Waals surface area contributed by atoms with E-state index in [4.69, 9.17) is 4.42 Å². The molecule has 1 aliphatic heterocycles. The van der Waals surface area contributed by atoms with Crippen molar-refractivity contribution >= 4 is 28.3 Å². The minimum Gasteiger partial charge on any atom is -0.456 e. The number of nitrogens with zero attached hydrogens (tertiary/aromatic N) is 2. The normalized spacial score (nSPS) is 13.9. The molecule has 0 aliphatic carbocycles. The topological polar surface area (TPSA) is 92.5 Å². The lowest BCUT2D eigenvalue weighted by molar-refractivity contribution is 0.0700. The molecule has 0 bridgehead atoms. The third-order valence-corrected chi connectivity index (χ3v) is 4.66. The highest BCUT2D eigenvalue weighted by molar-refractivity contribution is 7.88. The minimum absolute atomic E-state index is 0. The summed E-state index contributed by atoms with van der Waals surface area (Å²) in [5.41, 5.74) is 2.84. The molecule has 1 aliphatic rings. The average molecular weight is 386 g/mol. The van der Waals surface area contributed by atoms with Crippen LogP contribution in [0.2, 0.25) is 0 Å². The van der Waals surface area contributed by atoms with Crippen molar-refractivity contribution < 1.29 is 17.6 Å². The van der Waals surface area contributed by atoms with Gasteiger partial charge >= 0.3 is 0 Å². The van der Waals surface area contributed by atoms with Gasteiger partial charge in [-0.3, -0.25) is 9.78 Å². The molecule has 0 saturated heterocycles. The van der Waals surface area contributed by atoms with E-state index in [-0.39, 0.29) is 24.9 Å². The van der Waals surface area contributed by atoms with Crippen LogP contribution in [0, 0.1) is 6.92 Å². The van der Waals surface area contributed by atoms with Crippen LogP contribution >= 0.6 is 12.4 Å². The Hall–Kier alpha value is -1.90. The second-order valence-corrected chi connectivity index (χ2v) is 7.75. The fourth-order valence-corrected chi connectivity index (χ4v) is 3.23. The van der Waals surface area contributed by atoms with Crippen molar-refractivity contribution in [2.24, 2.45) is 0 Å². The number of hydrogen-bond donors (Lipinski definition) is 1. The lowest BCUT2D eigenvalue weighted by Crippen LogP contribution is -2.36. The molecule has 1 N–H and O–H groups in total. The predicted molar refractivity (Wildman–Crippen MR) is 95.1 cm³/mol. The highest BCUT2D eigenvalue weighted by atomic mass is 35.5. The molecular weight excluding hydrogens is 366 g/mol. The number of rotatable bonds is 4. The van der Waals surface area contributed by atoms with E-state index < -0.39 is 10.0 Å². The number of fused-ring (bicyclic) bond motifs is 1. The zero-order valence-electron chi connectivity index (χ0n) is 14.0. The molecule has 0 atom stereocenters. The summed E-state index contributed by atoms with van der Waals surface area (Å²) < 4.78 is 30.4. The van der Waals surface area contributed by atoms with Crippen molar-refractivity contribution in [1.82, 2.24) is 14.6 Å². The summed E-state index contributed by atoms with van der Waals surface area (Å²) in [5, 5.41) is 0.